The molecule has 1 aliphatic carbocycles. The van der Waals surface area contributed by atoms with Gasteiger partial charge < -0.3 is 19.7 Å². The summed E-state index contributed by atoms with van der Waals surface area (Å²) in [5.41, 5.74) is 2.22. The van der Waals surface area contributed by atoms with Gasteiger partial charge in [0.25, 0.3) is 5.91 Å². The van der Waals surface area contributed by atoms with Crippen LogP contribution in [-0.4, -0.2) is 32.7 Å². The van der Waals surface area contributed by atoms with Gasteiger partial charge in [-0.3, -0.25) is 4.79 Å². The fraction of sp³-hybridized carbons (Fsp3) is 0.381. The molecule has 0 bridgehead atoms. The van der Waals surface area contributed by atoms with Gasteiger partial charge in [-0.15, -0.1) is 0 Å². The SMILES string of the molecule is COc1ccc(C[NH+](CC(=O)NCc2ccccc2OC)C2CC2)cc1. The normalized spacial score (nSPS) is 14.5. The van der Waals surface area contributed by atoms with Gasteiger partial charge in [-0.25, -0.2) is 0 Å². The maximum Gasteiger partial charge on any atom is 0.275 e. The zero-order chi connectivity index (χ0) is 18.4. The molecule has 2 aromatic carbocycles. The van der Waals surface area contributed by atoms with Crippen molar-refractivity contribution in [1.29, 1.82) is 0 Å². The van der Waals surface area contributed by atoms with Gasteiger partial charge in [0.1, 0.15) is 18.0 Å². The van der Waals surface area contributed by atoms with Crippen LogP contribution in [0.15, 0.2) is 48.5 Å². The molecular weight excluding hydrogens is 328 g/mol. The van der Waals surface area contributed by atoms with E-state index >= 15 is 0 Å². The maximum atomic E-state index is 12.5. The van der Waals surface area contributed by atoms with Crippen LogP contribution in [0.4, 0.5) is 0 Å². The molecule has 0 heterocycles. The average molecular weight is 355 g/mol. The molecule has 1 saturated carbocycles. The highest BCUT2D eigenvalue weighted by Gasteiger charge is 2.34. The van der Waals surface area contributed by atoms with Gasteiger partial charge in [0.05, 0.1) is 20.3 Å². The molecule has 2 aromatic rings. The molecule has 0 aliphatic heterocycles. The van der Waals surface area contributed by atoms with Gasteiger partial charge in [-0.2, -0.15) is 0 Å². The van der Waals surface area contributed by atoms with Crippen molar-refractivity contribution in [2.24, 2.45) is 0 Å². The number of quaternary nitrogens is 1. The summed E-state index contributed by atoms with van der Waals surface area (Å²) in [4.78, 5) is 13.8. The van der Waals surface area contributed by atoms with Crippen molar-refractivity contribution >= 4 is 5.91 Å². The summed E-state index contributed by atoms with van der Waals surface area (Å²) in [6.07, 6.45) is 2.40. The molecule has 2 N–H and O–H groups in total. The van der Waals surface area contributed by atoms with Crippen LogP contribution in [0.25, 0.3) is 0 Å². The third-order valence-corrected chi connectivity index (χ3v) is 4.80. The summed E-state index contributed by atoms with van der Waals surface area (Å²) >= 11 is 0. The predicted molar refractivity (Wildman–Crippen MR) is 100 cm³/mol. The Morgan fingerprint density at radius 1 is 1.08 bits per heavy atom. The van der Waals surface area contributed by atoms with Crippen molar-refractivity contribution in [3.63, 3.8) is 0 Å². The summed E-state index contributed by atoms with van der Waals surface area (Å²) in [5.74, 6) is 1.74. The minimum absolute atomic E-state index is 0.0753. The van der Waals surface area contributed by atoms with E-state index in [1.165, 1.54) is 23.3 Å². The fourth-order valence-corrected chi connectivity index (χ4v) is 3.16. The highest BCUT2D eigenvalue weighted by atomic mass is 16.5. The van der Waals surface area contributed by atoms with Crippen molar-refractivity contribution in [1.82, 2.24) is 5.32 Å². The zero-order valence-corrected chi connectivity index (χ0v) is 15.5. The molecule has 5 nitrogen and oxygen atoms in total. The molecule has 1 unspecified atom stereocenters. The fourth-order valence-electron chi connectivity index (χ4n) is 3.16. The Kier molecular flexibility index (Phi) is 6.12. The Morgan fingerprint density at radius 2 is 1.81 bits per heavy atom. The predicted octanol–water partition coefficient (Wildman–Crippen LogP) is 1.57. The van der Waals surface area contributed by atoms with Crippen LogP contribution in [-0.2, 0) is 17.9 Å². The lowest BCUT2D eigenvalue weighted by molar-refractivity contribution is -0.917. The Morgan fingerprint density at radius 3 is 2.46 bits per heavy atom. The van der Waals surface area contributed by atoms with E-state index < -0.39 is 0 Å². The van der Waals surface area contributed by atoms with Crippen LogP contribution in [0.3, 0.4) is 0 Å². The second-order valence-corrected chi connectivity index (χ2v) is 6.72. The largest absolute Gasteiger partial charge is 0.497 e. The van der Waals surface area contributed by atoms with E-state index in [2.05, 4.69) is 17.4 Å². The quantitative estimate of drug-likeness (QED) is 0.718. The number of carbonyl (C=O) groups excluding carboxylic acids is 1. The molecule has 0 aromatic heterocycles. The number of para-hydroxylation sites is 1. The Bertz CT molecular complexity index is 726. The van der Waals surface area contributed by atoms with Crippen LogP contribution in [0.1, 0.15) is 24.0 Å². The van der Waals surface area contributed by atoms with Gasteiger partial charge in [-0.1, -0.05) is 18.2 Å². The summed E-state index contributed by atoms with van der Waals surface area (Å²) < 4.78 is 10.5. The summed E-state index contributed by atoms with van der Waals surface area (Å²) in [6.45, 7) is 1.84. The molecule has 1 fully saturated rings. The number of carbonyl (C=O) groups is 1. The van der Waals surface area contributed by atoms with Crippen molar-refractivity contribution in [3.8, 4) is 11.5 Å². The molecule has 1 atom stereocenters. The van der Waals surface area contributed by atoms with Crippen LogP contribution < -0.4 is 19.7 Å². The average Bonchev–Trinajstić information content (AvgIpc) is 3.52. The molecule has 0 radical (unpaired) electrons. The lowest BCUT2D eigenvalue weighted by Crippen LogP contribution is -3.13. The first kappa shape index (κ1) is 18.3. The number of ether oxygens (including phenoxy) is 2. The van der Waals surface area contributed by atoms with Crippen LogP contribution in [0.2, 0.25) is 0 Å². The molecule has 1 amide bonds. The van der Waals surface area contributed by atoms with E-state index in [9.17, 15) is 4.79 Å². The monoisotopic (exact) mass is 355 g/mol. The Labute approximate surface area is 154 Å². The lowest BCUT2D eigenvalue weighted by atomic mass is 10.2. The molecule has 3 rings (SSSR count). The lowest BCUT2D eigenvalue weighted by Gasteiger charge is -2.19. The molecule has 5 heteroatoms. The minimum Gasteiger partial charge on any atom is -0.497 e. The molecular formula is C21H27N2O3+. The maximum absolute atomic E-state index is 12.5. The molecule has 138 valence electrons. The smallest absolute Gasteiger partial charge is 0.275 e. The van der Waals surface area contributed by atoms with E-state index in [-0.39, 0.29) is 5.91 Å². The first-order chi connectivity index (χ1) is 12.7. The minimum atomic E-state index is 0.0753. The molecule has 1 aliphatic rings. The highest BCUT2D eigenvalue weighted by molar-refractivity contribution is 5.76. The van der Waals surface area contributed by atoms with Crippen LogP contribution in [0.5, 0.6) is 11.5 Å². The first-order valence-corrected chi connectivity index (χ1v) is 9.05. The van der Waals surface area contributed by atoms with E-state index in [1.54, 1.807) is 14.2 Å². The van der Waals surface area contributed by atoms with Crippen LogP contribution in [0, 0.1) is 0 Å². The second kappa shape index (κ2) is 8.72. The van der Waals surface area contributed by atoms with Crippen molar-refractivity contribution in [2.75, 3.05) is 20.8 Å². The number of methoxy groups -OCH3 is 2. The number of hydrogen-bond donors (Lipinski definition) is 2. The van der Waals surface area contributed by atoms with Crippen molar-refractivity contribution < 1.29 is 19.2 Å². The van der Waals surface area contributed by atoms with E-state index in [1.807, 2.05) is 36.4 Å². The zero-order valence-electron chi connectivity index (χ0n) is 15.5. The van der Waals surface area contributed by atoms with E-state index in [0.29, 0.717) is 19.1 Å². The Hall–Kier alpha value is -2.53. The third-order valence-electron chi connectivity index (χ3n) is 4.80. The van der Waals surface area contributed by atoms with E-state index in [4.69, 9.17) is 9.47 Å². The first-order valence-electron chi connectivity index (χ1n) is 9.05. The van der Waals surface area contributed by atoms with Crippen LogP contribution >= 0.6 is 0 Å². The second-order valence-electron chi connectivity index (χ2n) is 6.72. The van der Waals surface area contributed by atoms with Gasteiger partial charge in [0, 0.05) is 30.5 Å². The Balaban J connectivity index is 1.54. The van der Waals surface area contributed by atoms with Crippen molar-refractivity contribution in [3.05, 3.63) is 59.7 Å². The number of hydrogen-bond acceptors (Lipinski definition) is 3. The third kappa shape index (κ3) is 4.99. The molecule has 0 saturated heterocycles. The number of nitrogens with one attached hydrogen (secondary N) is 2. The number of benzene rings is 2. The summed E-state index contributed by atoms with van der Waals surface area (Å²) in [6, 6.07) is 16.5. The summed E-state index contributed by atoms with van der Waals surface area (Å²) in [5, 5.41) is 3.03. The van der Waals surface area contributed by atoms with Gasteiger partial charge in [0.2, 0.25) is 0 Å². The highest BCUT2D eigenvalue weighted by Crippen LogP contribution is 2.17. The van der Waals surface area contributed by atoms with E-state index in [0.717, 1.165) is 23.6 Å². The van der Waals surface area contributed by atoms with Gasteiger partial charge >= 0.3 is 0 Å². The topological polar surface area (TPSA) is 52.0 Å². The number of amides is 1. The standard InChI is InChI=1S/C21H26N2O3/c1-25-19-11-7-16(8-12-19)14-23(18-9-10-18)15-21(24)22-13-17-5-3-4-6-20(17)26-2/h3-8,11-12,18H,9-10,13-15H2,1-2H3,(H,22,24)/p+1. The molecule has 0 spiro atoms. The van der Waals surface area contributed by atoms with Crippen molar-refractivity contribution in [2.45, 2.75) is 32.0 Å². The van der Waals surface area contributed by atoms with Gasteiger partial charge in [-0.05, 0) is 30.3 Å². The van der Waals surface area contributed by atoms with Gasteiger partial charge in [0.15, 0.2) is 6.54 Å². The summed E-state index contributed by atoms with van der Waals surface area (Å²) in [7, 11) is 3.32. The molecule has 26 heavy (non-hydrogen) atoms. The number of rotatable bonds is 9.